The summed E-state index contributed by atoms with van der Waals surface area (Å²) in [5, 5.41) is 2.09. The molecule has 1 saturated heterocycles. The number of anilines is 1. The molecule has 0 saturated carbocycles. The fourth-order valence-electron chi connectivity index (χ4n) is 2.96. The third-order valence-corrected chi connectivity index (χ3v) is 5.39. The van der Waals surface area contributed by atoms with Gasteiger partial charge in [0.15, 0.2) is 18.1 Å². The van der Waals surface area contributed by atoms with E-state index < -0.39 is 29.5 Å². The van der Waals surface area contributed by atoms with Crippen molar-refractivity contribution in [2.75, 3.05) is 32.2 Å². The van der Waals surface area contributed by atoms with E-state index >= 15 is 0 Å². The molecular formula is C23H23N3O7S. The third-order valence-electron chi connectivity index (χ3n) is 4.48. The molecule has 0 atom stereocenters. The van der Waals surface area contributed by atoms with Gasteiger partial charge in [-0.1, -0.05) is 6.07 Å². The Labute approximate surface area is 200 Å². The number of rotatable bonds is 10. The average molecular weight is 486 g/mol. The molecule has 1 aliphatic rings. The second-order valence-electron chi connectivity index (χ2n) is 6.94. The number of nitrogens with one attached hydrogen (secondary N) is 1. The summed E-state index contributed by atoms with van der Waals surface area (Å²) in [6, 6.07) is 11.5. The summed E-state index contributed by atoms with van der Waals surface area (Å²) in [6.45, 7) is 1.40. The van der Waals surface area contributed by atoms with Gasteiger partial charge in [-0.2, -0.15) is 0 Å². The monoisotopic (exact) mass is 485 g/mol. The van der Waals surface area contributed by atoms with E-state index in [1.165, 1.54) is 13.2 Å². The number of hydrogen-bond acceptors (Lipinski definition) is 8. The first kappa shape index (κ1) is 24.6. The molecule has 1 fully saturated rings. The first-order valence-electron chi connectivity index (χ1n) is 10.2. The summed E-state index contributed by atoms with van der Waals surface area (Å²) in [6.07, 6.45) is 1.52. The van der Waals surface area contributed by atoms with Crippen LogP contribution in [0.4, 0.5) is 10.5 Å². The van der Waals surface area contributed by atoms with E-state index in [1.807, 2.05) is 0 Å². The molecule has 2 aromatic rings. The van der Waals surface area contributed by atoms with Gasteiger partial charge in [-0.05, 0) is 66.7 Å². The molecular weight excluding hydrogens is 462 g/mol. The number of ether oxygens (including phenoxy) is 3. The highest BCUT2D eigenvalue weighted by Gasteiger charge is 2.36. The van der Waals surface area contributed by atoms with Gasteiger partial charge in [-0.15, -0.1) is 0 Å². The van der Waals surface area contributed by atoms with Crippen LogP contribution in [0.3, 0.4) is 0 Å². The van der Waals surface area contributed by atoms with Crippen LogP contribution in [-0.2, 0) is 14.4 Å². The van der Waals surface area contributed by atoms with Crippen molar-refractivity contribution in [2.45, 2.75) is 6.92 Å². The molecule has 0 aliphatic carbocycles. The van der Waals surface area contributed by atoms with Crippen LogP contribution in [0.25, 0.3) is 6.08 Å². The van der Waals surface area contributed by atoms with Crippen LogP contribution in [0.1, 0.15) is 12.5 Å². The summed E-state index contributed by atoms with van der Waals surface area (Å²) >= 11 is 0.736. The lowest BCUT2D eigenvalue weighted by Crippen LogP contribution is -2.36. The van der Waals surface area contributed by atoms with E-state index in [9.17, 15) is 19.2 Å². The second kappa shape index (κ2) is 11.2. The van der Waals surface area contributed by atoms with Crippen LogP contribution in [0, 0.1) is 0 Å². The predicted molar refractivity (Wildman–Crippen MR) is 127 cm³/mol. The van der Waals surface area contributed by atoms with Crippen LogP contribution in [0.15, 0.2) is 47.4 Å². The molecule has 3 N–H and O–H groups in total. The SMILES string of the molecule is CCOc1cc(/C=C2\SC(=O)N(CC(=O)Nc3ccc(OC)cc3)C2=O)ccc1OCC(N)=O. The first-order chi connectivity index (χ1) is 16.3. The van der Waals surface area contributed by atoms with Crippen LogP contribution in [-0.4, -0.2) is 54.7 Å². The number of carbonyl (C=O) groups excluding carboxylic acids is 4. The Balaban J connectivity index is 1.70. The standard InChI is InChI=1S/C23H23N3O7S/c1-3-32-18-10-14(4-9-17(18)33-13-20(24)27)11-19-22(29)26(23(30)34-19)12-21(28)25-15-5-7-16(31-2)8-6-15/h4-11H,3,12-13H2,1-2H3,(H2,24,27)(H,25,28)/b19-11-. The molecule has 0 radical (unpaired) electrons. The molecule has 0 unspecified atom stereocenters. The Morgan fingerprint density at radius 3 is 2.47 bits per heavy atom. The number of benzene rings is 2. The zero-order valence-corrected chi connectivity index (χ0v) is 19.3. The minimum Gasteiger partial charge on any atom is -0.497 e. The molecule has 4 amide bonds. The maximum atomic E-state index is 12.8. The normalized spacial score (nSPS) is 14.3. The topological polar surface area (TPSA) is 137 Å². The Kier molecular flexibility index (Phi) is 8.14. The molecule has 10 nitrogen and oxygen atoms in total. The molecule has 2 aromatic carbocycles. The van der Waals surface area contributed by atoms with E-state index in [4.69, 9.17) is 19.9 Å². The van der Waals surface area contributed by atoms with Gasteiger partial charge in [0.05, 0.1) is 18.6 Å². The van der Waals surface area contributed by atoms with Crippen LogP contribution >= 0.6 is 11.8 Å². The number of nitrogens with two attached hydrogens (primary N) is 1. The highest BCUT2D eigenvalue weighted by molar-refractivity contribution is 8.18. The van der Waals surface area contributed by atoms with E-state index in [2.05, 4.69) is 5.32 Å². The summed E-state index contributed by atoms with van der Waals surface area (Å²) in [7, 11) is 1.53. The molecule has 0 spiro atoms. The van der Waals surface area contributed by atoms with Gasteiger partial charge < -0.3 is 25.3 Å². The van der Waals surface area contributed by atoms with Gasteiger partial charge in [-0.25, -0.2) is 0 Å². The van der Waals surface area contributed by atoms with Crippen LogP contribution in [0.2, 0.25) is 0 Å². The summed E-state index contributed by atoms with van der Waals surface area (Å²) in [5.74, 6) is -0.405. The summed E-state index contributed by atoms with van der Waals surface area (Å²) in [4.78, 5) is 49.5. The molecule has 1 heterocycles. The zero-order valence-electron chi connectivity index (χ0n) is 18.5. The maximum Gasteiger partial charge on any atom is 0.294 e. The minimum atomic E-state index is -0.628. The van der Waals surface area contributed by atoms with Crippen molar-refractivity contribution in [1.82, 2.24) is 4.90 Å². The number of amides is 4. The Morgan fingerprint density at radius 1 is 1.09 bits per heavy atom. The van der Waals surface area contributed by atoms with Crippen molar-refractivity contribution in [3.05, 3.63) is 52.9 Å². The second-order valence-corrected chi connectivity index (χ2v) is 7.93. The molecule has 0 bridgehead atoms. The average Bonchev–Trinajstić information content (AvgIpc) is 3.06. The molecule has 1 aliphatic heterocycles. The first-order valence-corrected chi connectivity index (χ1v) is 11.0. The van der Waals surface area contributed by atoms with Crippen molar-refractivity contribution in [3.63, 3.8) is 0 Å². The lowest BCUT2D eigenvalue weighted by atomic mass is 10.2. The third kappa shape index (κ3) is 6.29. The largest absolute Gasteiger partial charge is 0.497 e. The number of hydrogen-bond donors (Lipinski definition) is 2. The number of primary amides is 1. The van der Waals surface area contributed by atoms with Gasteiger partial charge in [0, 0.05) is 5.69 Å². The smallest absolute Gasteiger partial charge is 0.294 e. The fraction of sp³-hybridized carbons (Fsp3) is 0.217. The summed E-state index contributed by atoms with van der Waals surface area (Å²) < 4.78 is 15.9. The van der Waals surface area contributed by atoms with E-state index in [0.29, 0.717) is 35.1 Å². The Bertz CT molecular complexity index is 1130. The van der Waals surface area contributed by atoms with E-state index in [-0.39, 0.29) is 11.5 Å². The quantitative estimate of drug-likeness (QED) is 0.490. The fourth-order valence-corrected chi connectivity index (χ4v) is 3.80. The maximum absolute atomic E-state index is 12.8. The van der Waals surface area contributed by atoms with E-state index in [1.54, 1.807) is 49.4 Å². The lowest BCUT2D eigenvalue weighted by Gasteiger charge is -2.13. The van der Waals surface area contributed by atoms with Crippen molar-refractivity contribution in [3.8, 4) is 17.2 Å². The van der Waals surface area contributed by atoms with E-state index in [0.717, 1.165) is 16.7 Å². The Hall–Kier alpha value is -3.99. The number of nitrogens with zero attached hydrogens (tertiary/aromatic N) is 1. The van der Waals surface area contributed by atoms with Crippen molar-refractivity contribution in [1.29, 1.82) is 0 Å². The Morgan fingerprint density at radius 2 is 1.82 bits per heavy atom. The molecule has 34 heavy (non-hydrogen) atoms. The van der Waals surface area contributed by atoms with Crippen molar-refractivity contribution in [2.24, 2.45) is 5.73 Å². The lowest BCUT2D eigenvalue weighted by molar-refractivity contribution is -0.127. The highest BCUT2D eigenvalue weighted by atomic mass is 32.2. The van der Waals surface area contributed by atoms with Gasteiger partial charge in [0.25, 0.3) is 17.1 Å². The predicted octanol–water partition coefficient (Wildman–Crippen LogP) is 2.63. The summed E-state index contributed by atoms with van der Waals surface area (Å²) in [5.41, 5.74) is 6.19. The minimum absolute atomic E-state index is 0.163. The van der Waals surface area contributed by atoms with Crippen molar-refractivity contribution >= 4 is 46.5 Å². The molecule has 0 aromatic heterocycles. The highest BCUT2D eigenvalue weighted by Crippen LogP contribution is 2.34. The van der Waals surface area contributed by atoms with Gasteiger partial charge >= 0.3 is 0 Å². The van der Waals surface area contributed by atoms with Crippen molar-refractivity contribution < 1.29 is 33.4 Å². The van der Waals surface area contributed by atoms with Crippen LogP contribution in [0.5, 0.6) is 17.2 Å². The number of carbonyl (C=O) groups is 4. The number of methoxy groups -OCH3 is 1. The number of imide groups is 1. The van der Waals surface area contributed by atoms with Gasteiger partial charge in [0.2, 0.25) is 5.91 Å². The van der Waals surface area contributed by atoms with Crippen LogP contribution < -0.4 is 25.3 Å². The zero-order chi connectivity index (χ0) is 24.7. The molecule has 178 valence electrons. The molecule has 11 heteroatoms. The van der Waals surface area contributed by atoms with Gasteiger partial charge in [-0.3, -0.25) is 24.1 Å². The van der Waals surface area contributed by atoms with Gasteiger partial charge in [0.1, 0.15) is 12.3 Å². The molecule has 3 rings (SSSR count). The number of thioether (sulfide) groups is 1.